The summed E-state index contributed by atoms with van der Waals surface area (Å²) in [5.41, 5.74) is 0. The van der Waals surface area contributed by atoms with E-state index in [0.717, 1.165) is 33.3 Å². The van der Waals surface area contributed by atoms with Crippen LogP contribution in [0.25, 0.3) is 0 Å². The fourth-order valence-corrected chi connectivity index (χ4v) is 3.03. The summed E-state index contributed by atoms with van der Waals surface area (Å²) >= 11 is 6.96. The van der Waals surface area contributed by atoms with Crippen molar-refractivity contribution in [3.8, 4) is 11.5 Å². The first-order valence-corrected chi connectivity index (χ1v) is 7.14. The molecule has 1 fully saturated rings. The smallest absolute Gasteiger partial charge is 0.251 e. The fraction of sp³-hybridized carbons (Fsp3) is 0.500. The van der Waals surface area contributed by atoms with Gasteiger partial charge in [-0.3, -0.25) is 0 Å². The average Bonchev–Trinajstić information content (AvgIpc) is 2.57. The van der Waals surface area contributed by atoms with Crippen molar-refractivity contribution in [2.24, 2.45) is 0 Å². The predicted molar refractivity (Wildman–Crippen MR) is 68.9 cm³/mol. The lowest BCUT2D eigenvalue weighted by molar-refractivity contribution is -0.105. The van der Waals surface area contributed by atoms with E-state index in [4.69, 9.17) is 9.47 Å². The first kappa shape index (κ1) is 10.9. The van der Waals surface area contributed by atoms with Crippen LogP contribution in [0, 0.1) is 0 Å². The van der Waals surface area contributed by atoms with Crippen molar-refractivity contribution in [2.75, 3.05) is 0 Å². The van der Waals surface area contributed by atoms with E-state index in [2.05, 4.69) is 31.9 Å². The van der Waals surface area contributed by atoms with Crippen LogP contribution in [-0.4, -0.2) is 5.79 Å². The van der Waals surface area contributed by atoms with Crippen LogP contribution in [0.15, 0.2) is 21.1 Å². The molecule has 0 aromatic heterocycles. The Balaban J connectivity index is 1.93. The summed E-state index contributed by atoms with van der Waals surface area (Å²) in [6.45, 7) is 0. The molecule has 0 bridgehead atoms. The lowest BCUT2D eigenvalue weighted by atomic mass is 9.94. The second-order valence-electron chi connectivity index (χ2n) is 4.39. The minimum Gasteiger partial charge on any atom is -0.448 e. The molecule has 86 valence electrons. The van der Waals surface area contributed by atoms with Crippen LogP contribution in [-0.2, 0) is 0 Å². The molecule has 2 aliphatic rings. The van der Waals surface area contributed by atoms with E-state index in [1.807, 2.05) is 12.1 Å². The molecule has 1 spiro atoms. The zero-order chi connectivity index (χ0) is 11.2. The van der Waals surface area contributed by atoms with E-state index < -0.39 is 0 Å². The van der Waals surface area contributed by atoms with Crippen LogP contribution >= 0.6 is 31.9 Å². The Bertz CT molecular complexity index is 392. The number of hydrogen-bond acceptors (Lipinski definition) is 2. The highest BCUT2D eigenvalue weighted by Gasteiger charge is 2.42. The maximum absolute atomic E-state index is 6.00. The van der Waals surface area contributed by atoms with Gasteiger partial charge in [-0.15, -0.1) is 0 Å². The Morgan fingerprint density at radius 1 is 0.875 bits per heavy atom. The summed E-state index contributed by atoms with van der Waals surface area (Å²) in [4.78, 5) is 0. The Hall–Kier alpha value is -0.220. The van der Waals surface area contributed by atoms with Crippen LogP contribution in [0.4, 0.5) is 0 Å². The van der Waals surface area contributed by atoms with E-state index in [1.54, 1.807) is 0 Å². The monoisotopic (exact) mass is 346 g/mol. The van der Waals surface area contributed by atoms with Crippen molar-refractivity contribution in [3.63, 3.8) is 0 Å². The molecule has 16 heavy (non-hydrogen) atoms. The van der Waals surface area contributed by atoms with Gasteiger partial charge in [0.2, 0.25) is 0 Å². The normalized spacial score (nSPS) is 21.4. The Morgan fingerprint density at radius 3 is 1.88 bits per heavy atom. The third kappa shape index (κ3) is 1.76. The van der Waals surface area contributed by atoms with Crippen molar-refractivity contribution in [3.05, 3.63) is 21.1 Å². The van der Waals surface area contributed by atoms with Crippen LogP contribution in [0.5, 0.6) is 11.5 Å². The maximum atomic E-state index is 6.00. The minimum atomic E-state index is -0.374. The van der Waals surface area contributed by atoms with Gasteiger partial charge in [0, 0.05) is 21.8 Å². The Labute approximate surface area is 112 Å². The Morgan fingerprint density at radius 2 is 1.38 bits per heavy atom. The van der Waals surface area contributed by atoms with Crippen LogP contribution in [0.1, 0.15) is 32.1 Å². The number of ether oxygens (including phenoxy) is 2. The molecule has 1 heterocycles. The topological polar surface area (TPSA) is 18.5 Å². The summed E-state index contributed by atoms with van der Waals surface area (Å²) in [5.74, 6) is 1.34. The van der Waals surface area contributed by atoms with Crippen molar-refractivity contribution < 1.29 is 9.47 Å². The van der Waals surface area contributed by atoms with Gasteiger partial charge in [0.15, 0.2) is 11.5 Å². The van der Waals surface area contributed by atoms with Crippen LogP contribution in [0.3, 0.4) is 0 Å². The number of rotatable bonds is 0. The second kappa shape index (κ2) is 3.91. The summed E-state index contributed by atoms with van der Waals surface area (Å²) in [5, 5.41) is 0. The summed E-state index contributed by atoms with van der Waals surface area (Å²) in [6.07, 6.45) is 5.67. The molecule has 1 aliphatic carbocycles. The predicted octanol–water partition coefficient (Wildman–Crippen LogP) is 4.64. The van der Waals surface area contributed by atoms with Crippen molar-refractivity contribution in [1.29, 1.82) is 0 Å². The van der Waals surface area contributed by atoms with Gasteiger partial charge in [0.1, 0.15) is 0 Å². The van der Waals surface area contributed by atoms with E-state index in [0.29, 0.717) is 0 Å². The third-order valence-corrected chi connectivity index (χ3v) is 5.04. The van der Waals surface area contributed by atoms with Gasteiger partial charge >= 0.3 is 0 Å². The molecule has 4 heteroatoms. The van der Waals surface area contributed by atoms with Crippen LogP contribution in [0.2, 0.25) is 0 Å². The molecule has 1 aromatic carbocycles. The average molecular weight is 348 g/mol. The molecule has 1 aliphatic heterocycles. The lowest BCUT2D eigenvalue weighted by Crippen LogP contribution is -2.40. The van der Waals surface area contributed by atoms with Gasteiger partial charge in [-0.25, -0.2) is 0 Å². The van der Waals surface area contributed by atoms with Crippen molar-refractivity contribution in [2.45, 2.75) is 37.9 Å². The number of hydrogen-bond donors (Lipinski definition) is 0. The molecule has 3 rings (SSSR count). The van der Waals surface area contributed by atoms with Gasteiger partial charge in [-0.05, 0) is 56.8 Å². The summed E-state index contributed by atoms with van der Waals surface area (Å²) in [7, 11) is 0. The highest BCUT2D eigenvalue weighted by atomic mass is 79.9. The van der Waals surface area contributed by atoms with Crippen LogP contribution < -0.4 is 9.47 Å². The van der Waals surface area contributed by atoms with E-state index in [9.17, 15) is 0 Å². The first-order chi connectivity index (χ1) is 7.69. The summed E-state index contributed by atoms with van der Waals surface area (Å²) < 4.78 is 14.0. The molecule has 2 nitrogen and oxygen atoms in total. The quantitative estimate of drug-likeness (QED) is 0.680. The zero-order valence-corrected chi connectivity index (χ0v) is 11.9. The zero-order valence-electron chi connectivity index (χ0n) is 8.76. The molecular weight excluding hydrogens is 336 g/mol. The molecule has 0 amide bonds. The molecule has 1 saturated carbocycles. The first-order valence-electron chi connectivity index (χ1n) is 5.56. The second-order valence-corrected chi connectivity index (χ2v) is 6.10. The standard InChI is InChI=1S/C12H12Br2O2/c13-8-6-10-11(7-9(8)14)16-12(15-10)4-2-1-3-5-12/h6-7H,1-5H2. The van der Waals surface area contributed by atoms with Crippen molar-refractivity contribution in [1.82, 2.24) is 0 Å². The van der Waals surface area contributed by atoms with E-state index >= 15 is 0 Å². The molecule has 0 atom stereocenters. The largest absolute Gasteiger partial charge is 0.448 e. The van der Waals surface area contributed by atoms with Gasteiger partial charge in [0.05, 0.1) is 0 Å². The molecular formula is C12H12Br2O2. The van der Waals surface area contributed by atoms with E-state index in [1.165, 1.54) is 19.3 Å². The van der Waals surface area contributed by atoms with Gasteiger partial charge in [-0.1, -0.05) is 6.42 Å². The third-order valence-electron chi connectivity index (χ3n) is 3.19. The molecule has 0 saturated heterocycles. The van der Waals surface area contributed by atoms with Crippen molar-refractivity contribution >= 4 is 31.9 Å². The number of benzene rings is 1. The minimum absolute atomic E-state index is 0.374. The fourth-order valence-electron chi connectivity index (χ4n) is 2.39. The SMILES string of the molecule is Brc1cc2c(cc1Br)OC1(CCCCC1)O2. The molecule has 0 N–H and O–H groups in total. The number of fused-ring (bicyclic) bond motifs is 1. The molecule has 1 aromatic rings. The highest BCUT2D eigenvalue weighted by molar-refractivity contribution is 9.13. The Kier molecular flexibility index (Phi) is 2.67. The lowest BCUT2D eigenvalue weighted by Gasteiger charge is -2.31. The molecule has 0 unspecified atom stereocenters. The van der Waals surface area contributed by atoms with Gasteiger partial charge in [0.25, 0.3) is 5.79 Å². The number of halogens is 2. The highest BCUT2D eigenvalue weighted by Crippen LogP contribution is 2.48. The summed E-state index contributed by atoms with van der Waals surface area (Å²) in [6, 6.07) is 3.95. The van der Waals surface area contributed by atoms with E-state index in [-0.39, 0.29) is 5.79 Å². The van der Waals surface area contributed by atoms with Gasteiger partial charge in [-0.2, -0.15) is 0 Å². The molecule has 0 radical (unpaired) electrons. The maximum Gasteiger partial charge on any atom is 0.251 e. The van der Waals surface area contributed by atoms with Gasteiger partial charge < -0.3 is 9.47 Å².